The van der Waals surface area contributed by atoms with E-state index in [0.29, 0.717) is 10.1 Å². The number of amides is 1. The fraction of sp³-hybridized carbons (Fsp3) is 0.471. The molecule has 0 unspecified atom stereocenters. The minimum absolute atomic E-state index is 0.00634. The second-order valence-corrected chi connectivity index (χ2v) is 7.73. The standard InChI is InChI=1S/C17H23N5OS/c1-11(22-9-8-12-6-4-5-7-13(12)10-22)14(23)19-17(2,3)15-20-21-16(18)24-15/h4-7,11H,8-10H2,1-3H3,(H2,18,21)(H,19,23)/t11-/m1/s1. The third kappa shape index (κ3) is 3.42. The molecule has 1 aliphatic heterocycles. The molecule has 1 aromatic carbocycles. The van der Waals surface area contributed by atoms with Crippen LogP contribution < -0.4 is 11.1 Å². The summed E-state index contributed by atoms with van der Waals surface area (Å²) in [4.78, 5) is 14.9. The van der Waals surface area contributed by atoms with E-state index in [0.717, 1.165) is 19.5 Å². The molecule has 0 aliphatic carbocycles. The SMILES string of the molecule is C[C@H](C(=O)NC(C)(C)c1nnc(N)s1)N1CCc2ccccc2C1. The summed E-state index contributed by atoms with van der Waals surface area (Å²) >= 11 is 1.30. The summed E-state index contributed by atoms with van der Waals surface area (Å²) in [6, 6.07) is 8.22. The Balaban J connectivity index is 1.67. The third-order valence-electron chi connectivity index (χ3n) is 4.50. The average molecular weight is 345 g/mol. The van der Waals surface area contributed by atoms with Crippen LogP contribution in [0.25, 0.3) is 0 Å². The Morgan fingerprint density at radius 3 is 2.71 bits per heavy atom. The predicted octanol–water partition coefficient (Wildman–Crippen LogP) is 1.92. The number of nitrogens with one attached hydrogen (secondary N) is 1. The molecular formula is C17H23N5OS. The topological polar surface area (TPSA) is 84.1 Å². The second kappa shape index (κ2) is 6.49. The molecule has 2 aromatic rings. The maximum Gasteiger partial charge on any atom is 0.237 e. The smallest absolute Gasteiger partial charge is 0.237 e. The van der Waals surface area contributed by atoms with Gasteiger partial charge in [-0.15, -0.1) is 10.2 Å². The fourth-order valence-electron chi connectivity index (χ4n) is 2.97. The summed E-state index contributed by atoms with van der Waals surface area (Å²) in [7, 11) is 0. The predicted molar refractivity (Wildman–Crippen MR) is 95.5 cm³/mol. The van der Waals surface area contributed by atoms with Crippen LogP contribution in [0.1, 0.15) is 36.9 Å². The van der Waals surface area contributed by atoms with Crippen molar-refractivity contribution in [1.29, 1.82) is 0 Å². The minimum Gasteiger partial charge on any atom is -0.374 e. The van der Waals surface area contributed by atoms with E-state index in [1.807, 2.05) is 20.8 Å². The van der Waals surface area contributed by atoms with Gasteiger partial charge in [-0.05, 0) is 38.3 Å². The van der Waals surface area contributed by atoms with Gasteiger partial charge in [0.15, 0.2) is 0 Å². The molecule has 1 aromatic heterocycles. The van der Waals surface area contributed by atoms with Crippen LogP contribution >= 0.6 is 11.3 Å². The lowest BCUT2D eigenvalue weighted by Gasteiger charge is -2.34. The molecule has 3 rings (SSSR count). The van der Waals surface area contributed by atoms with Gasteiger partial charge in [-0.25, -0.2) is 0 Å². The molecule has 0 saturated heterocycles. The molecule has 2 heterocycles. The second-order valence-electron chi connectivity index (χ2n) is 6.72. The van der Waals surface area contributed by atoms with Crippen molar-refractivity contribution in [1.82, 2.24) is 20.4 Å². The summed E-state index contributed by atoms with van der Waals surface area (Å²) in [5.41, 5.74) is 7.75. The zero-order valence-electron chi connectivity index (χ0n) is 14.2. The van der Waals surface area contributed by atoms with Crippen LogP contribution in [0.3, 0.4) is 0 Å². The Kier molecular flexibility index (Phi) is 4.56. The van der Waals surface area contributed by atoms with Gasteiger partial charge in [0.2, 0.25) is 11.0 Å². The molecule has 3 N–H and O–H groups in total. The highest BCUT2D eigenvalue weighted by Gasteiger charge is 2.32. The molecule has 0 bridgehead atoms. The maximum absolute atomic E-state index is 12.7. The first-order valence-electron chi connectivity index (χ1n) is 8.09. The molecule has 0 saturated carbocycles. The first kappa shape index (κ1) is 16.9. The largest absolute Gasteiger partial charge is 0.374 e. The van der Waals surface area contributed by atoms with Crippen molar-refractivity contribution in [3.8, 4) is 0 Å². The normalized spacial score (nSPS) is 16.5. The van der Waals surface area contributed by atoms with Crippen LogP contribution in [-0.4, -0.2) is 33.6 Å². The van der Waals surface area contributed by atoms with Gasteiger partial charge in [-0.3, -0.25) is 9.69 Å². The van der Waals surface area contributed by atoms with E-state index in [9.17, 15) is 4.79 Å². The number of benzene rings is 1. The molecule has 7 heteroatoms. The van der Waals surface area contributed by atoms with E-state index in [-0.39, 0.29) is 11.9 Å². The van der Waals surface area contributed by atoms with Gasteiger partial charge in [-0.1, -0.05) is 35.6 Å². The van der Waals surface area contributed by atoms with E-state index in [1.165, 1.54) is 22.5 Å². The number of nitrogen functional groups attached to an aromatic ring is 1. The van der Waals surface area contributed by atoms with E-state index in [1.54, 1.807) is 0 Å². The number of nitrogens with two attached hydrogens (primary N) is 1. The molecule has 0 spiro atoms. The number of hydrogen-bond donors (Lipinski definition) is 2. The molecule has 0 radical (unpaired) electrons. The van der Waals surface area contributed by atoms with E-state index >= 15 is 0 Å². The van der Waals surface area contributed by atoms with Crippen molar-refractivity contribution >= 4 is 22.4 Å². The summed E-state index contributed by atoms with van der Waals surface area (Å²) in [5.74, 6) is -0.00634. The Morgan fingerprint density at radius 1 is 1.33 bits per heavy atom. The Hall–Kier alpha value is -1.99. The summed E-state index contributed by atoms with van der Waals surface area (Å²) < 4.78 is 0. The van der Waals surface area contributed by atoms with Crippen LogP contribution in [0, 0.1) is 0 Å². The summed E-state index contributed by atoms with van der Waals surface area (Å²) in [5, 5.41) is 12.1. The highest BCUT2D eigenvalue weighted by molar-refractivity contribution is 7.15. The van der Waals surface area contributed by atoms with Crippen LogP contribution in [0.5, 0.6) is 0 Å². The molecule has 1 atom stereocenters. The molecule has 1 amide bonds. The number of carbonyl (C=O) groups excluding carboxylic acids is 1. The monoisotopic (exact) mass is 345 g/mol. The van der Waals surface area contributed by atoms with Crippen molar-refractivity contribution in [2.45, 2.75) is 45.3 Å². The Bertz CT molecular complexity index is 742. The summed E-state index contributed by atoms with van der Waals surface area (Å²) in [6.07, 6.45) is 0.976. The molecule has 1 aliphatic rings. The zero-order chi connectivity index (χ0) is 17.3. The maximum atomic E-state index is 12.7. The highest BCUT2D eigenvalue weighted by atomic mass is 32.1. The van der Waals surface area contributed by atoms with Gasteiger partial charge >= 0.3 is 0 Å². The number of anilines is 1. The van der Waals surface area contributed by atoms with E-state index in [2.05, 4.69) is 44.7 Å². The van der Waals surface area contributed by atoms with Gasteiger partial charge < -0.3 is 11.1 Å². The first-order chi connectivity index (χ1) is 11.4. The van der Waals surface area contributed by atoms with Gasteiger partial charge in [-0.2, -0.15) is 0 Å². The zero-order valence-corrected chi connectivity index (χ0v) is 15.1. The minimum atomic E-state index is -0.589. The van der Waals surface area contributed by atoms with Crippen molar-refractivity contribution in [3.05, 3.63) is 40.4 Å². The summed E-state index contributed by atoms with van der Waals surface area (Å²) in [6.45, 7) is 7.48. The first-order valence-corrected chi connectivity index (χ1v) is 8.91. The van der Waals surface area contributed by atoms with Crippen LogP contribution in [0.2, 0.25) is 0 Å². The number of carbonyl (C=O) groups is 1. The molecule has 24 heavy (non-hydrogen) atoms. The molecule has 128 valence electrons. The van der Waals surface area contributed by atoms with Crippen molar-refractivity contribution in [2.75, 3.05) is 12.3 Å². The van der Waals surface area contributed by atoms with Crippen LogP contribution in [-0.2, 0) is 23.3 Å². The number of rotatable bonds is 4. The average Bonchev–Trinajstić information content (AvgIpc) is 3.00. The molecule has 0 fully saturated rings. The van der Waals surface area contributed by atoms with Crippen LogP contribution in [0.15, 0.2) is 24.3 Å². The Labute approximate surface area is 146 Å². The number of nitrogens with zero attached hydrogens (tertiary/aromatic N) is 3. The quantitative estimate of drug-likeness (QED) is 0.884. The lowest BCUT2D eigenvalue weighted by Crippen LogP contribution is -2.51. The van der Waals surface area contributed by atoms with Crippen molar-refractivity contribution in [2.24, 2.45) is 0 Å². The van der Waals surface area contributed by atoms with E-state index < -0.39 is 5.54 Å². The van der Waals surface area contributed by atoms with Gasteiger partial charge in [0.25, 0.3) is 0 Å². The third-order valence-corrected chi connectivity index (χ3v) is 5.57. The molecular weight excluding hydrogens is 322 g/mol. The lowest BCUT2D eigenvalue weighted by molar-refractivity contribution is -0.128. The number of hydrogen-bond acceptors (Lipinski definition) is 6. The van der Waals surface area contributed by atoms with Crippen molar-refractivity contribution < 1.29 is 4.79 Å². The molecule has 6 nitrogen and oxygen atoms in total. The highest BCUT2D eigenvalue weighted by Crippen LogP contribution is 2.26. The van der Waals surface area contributed by atoms with Gasteiger partial charge in [0, 0.05) is 13.1 Å². The van der Waals surface area contributed by atoms with Crippen molar-refractivity contribution in [3.63, 3.8) is 0 Å². The van der Waals surface area contributed by atoms with Crippen LogP contribution in [0.4, 0.5) is 5.13 Å². The lowest BCUT2D eigenvalue weighted by atomic mass is 9.98. The number of fused-ring (bicyclic) bond motifs is 1. The Morgan fingerprint density at radius 2 is 2.04 bits per heavy atom. The van der Waals surface area contributed by atoms with Gasteiger partial charge in [0.05, 0.1) is 11.6 Å². The fourth-order valence-corrected chi connectivity index (χ4v) is 3.63. The van der Waals surface area contributed by atoms with E-state index in [4.69, 9.17) is 5.73 Å². The van der Waals surface area contributed by atoms with Gasteiger partial charge in [0.1, 0.15) is 5.01 Å². The number of aromatic nitrogens is 2.